The normalized spacial score (nSPS) is 19.6. The highest BCUT2D eigenvalue weighted by atomic mass is 32.2. The smallest absolute Gasteiger partial charge is 0.448 e. The number of hydrazine groups is 1. The lowest BCUT2D eigenvalue weighted by atomic mass is 10.0. The Morgan fingerprint density at radius 2 is 2.09 bits per heavy atom. The van der Waals surface area contributed by atoms with Gasteiger partial charge in [-0.15, -0.1) is 23.1 Å². The Bertz CT molecular complexity index is 1130. The van der Waals surface area contributed by atoms with E-state index in [1.54, 1.807) is 0 Å². The van der Waals surface area contributed by atoms with Gasteiger partial charge in [0.1, 0.15) is 29.4 Å². The van der Waals surface area contributed by atoms with Gasteiger partial charge in [0.05, 0.1) is 0 Å². The molecule has 0 spiro atoms. The van der Waals surface area contributed by atoms with E-state index in [-0.39, 0.29) is 34.5 Å². The number of β-lactam (4-membered cyclic amide) rings is 1. The first kappa shape index (κ1) is 25.9. The maximum atomic E-state index is 13.0. The van der Waals surface area contributed by atoms with Crippen molar-refractivity contribution in [2.24, 2.45) is 5.16 Å². The number of carboxylic acid groups (broad SMARTS) is 1. The predicted octanol–water partition coefficient (Wildman–Crippen LogP) is -1.07. The lowest BCUT2D eigenvalue weighted by molar-refractivity contribution is -0.150. The molecule has 1 aromatic rings. The summed E-state index contributed by atoms with van der Waals surface area (Å²) in [4.78, 5) is 70.1. The number of carbonyl (C=O) groups excluding carboxylic acids is 4. The number of amides is 3. The number of nitrogens with two attached hydrogens (primary N) is 1. The lowest BCUT2D eigenvalue weighted by Crippen LogP contribution is -2.71. The van der Waals surface area contributed by atoms with Gasteiger partial charge >= 0.3 is 18.0 Å². The maximum Gasteiger partial charge on any atom is 0.448 e. The van der Waals surface area contributed by atoms with E-state index in [0.29, 0.717) is 0 Å². The summed E-state index contributed by atoms with van der Waals surface area (Å²) < 4.78 is 4.89. The predicted molar refractivity (Wildman–Crippen MR) is 123 cm³/mol. The van der Waals surface area contributed by atoms with Gasteiger partial charge in [-0.25, -0.2) is 19.6 Å². The molecule has 3 rings (SSSR count). The molecule has 1 unspecified atom stereocenters. The van der Waals surface area contributed by atoms with Gasteiger partial charge < -0.3 is 20.9 Å². The molecule has 0 bridgehead atoms. The molecule has 3 heterocycles. The van der Waals surface area contributed by atoms with Crippen molar-refractivity contribution >= 4 is 63.8 Å². The maximum absolute atomic E-state index is 13.0. The molecule has 1 aromatic heterocycles. The SMILES string of the molecule is CC(=O)OCC1=C(C(=O)O)N2C(=O)C(NC(=O)C(=NOC(=O)NN(C)C)c3csc(N)n3)[C@H]2SC1. The van der Waals surface area contributed by atoms with Gasteiger partial charge in [0.25, 0.3) is 11.8 Å². The summed E-state index contributed by atoms with van der Waals surface area (Å²) in [6, 6.07) is -1.09. The van der Waals surface area contributed by atoms with Gasteiger partial charge in [-0.05, 0) is 0 Å². The number of nitrogens with one attached hydrogen (secondary N) is 2. The fourth-order valence-corrected chi connectivity index (χ4v) is 4.96. The number of oxime groups is 1. The molecule has 0 aromatic carbocycles. The largest absolute Gasteiger partial charge is 0.477 e. The highest BCUT2D eigenvalue weighted by molar-refractivity contribution is 8.00. The number of thiazole rings is 1. The molecule has 0 saturated carbocycles. The number of carbonyl (C=O) groups is 5. The van der Waals surface area contributed by atoms with Crippen molar-refractivity contribution in [3.63, 3.8) is 0 Å². The second-order valence-electron chi connectivity index (χ2n) is 7.29. The van der Waals surface area contributed by atoms with Gasteiger partial charge in [0, 0.05) is 37.7 Å². The third-order valence-corrected chi connectivity index (χ3v) is 6.51. The molecule has 3 amide bonds. The van der Waals surface area contributed by atoms with E-state index in [1.165, 1.54) is 43.2 Å². The van der Waals surface area contributed by atoms with Crippen molar-refractivity contribution in [2.75, 3.05) is 32.2 Å². The van der Waals surface area contributed by atoms with E-state index in [1.807, 2.05) is 0 Å². The van der Waals surface area contributed by atoms with Crippen LogP contribution in [-0.4, -0.2) is 93.4 Å². The Kier molecular flexibility index (Phi) is 7.92. The van der Waals surface area contributed by atoms with Crippen LogP contribution in [0.15, 0.2) is 21.8 Å². The van der Waals surface area contributed by atoms with Crippen LogP contribution in [0.3, 0.4) is 0 Å². The number of aliphatic carboxylic acids is 1. The van der Waals surface area contributed by atoms with E-state index in [9.17, 15) is 29.1 Å². The van der Waals surface area contributed by atoms with Crippen LogP contribution in [0.2, 0.25) is 0 Å². The standard InChI is InChI=1S/C18H21N7O8S2/c1-7(26)32-4-8-5-34-15-11(14(28)25(15)12(8)16(29)30)21-13(27)10(9-6-35-17(19)20-9)23-33-18(31)22-24(2)3/h6,11,15H,4-5H2,1-3H3,(H2,19,20)(H,21,27)(H,22,31)(H,29,30)/t11?,15-/m1/s1. The van der Waals surface area contributed by atoms with E-state index in [4.69, 9.17) is 15.3 Å². The Hall–Kier alpha value is -3.70. The third kappa shape index (κ3) is 5.87. The third-order valence-electron chi connectivity index (χ3n) is 4.50. The second-order valence-corrected chi connectivity index (χ2v) is 9.29. The molecule has 0 radical (unpaired) electrons. The van der Waals surface area contributed by atoms with Crippen molar-refractivity contribution in [1.82, 2.24) is 25.6 Å². The molecular formula is C18H21N7O8S2. The first-order chi connectivity index (χ1) is 16.5. The Morgan fingerprint density at radius 1 is 1.37 bits per heavy atom. The molecule has 5 N–H and O–H groups in total. The minimum Gasteiger partial charge on any atom is -0.477 e. The Balaban J connectivity index is 1.78. The van der Waals surface area contributed by atoms with Crippen molar-refractivity contribution < 1.29 is 38.7 Å². The summed E-state index contributed by atoms with van der Waals surface area (Å²) in [5.74, 6) is -3.37. The minimum atomic E-state index is -1.36. The molecule has 2 aliphatic rings. The number of anilines is 1. The highest BCUT2D eigenvalue weighted by Crippen LogP contribution is 2.40. The average Bonchev–Trinajstić information content (AvgIpc) is 3.20. The van der Waals surface area contributed by atoms with E-state index in [0.717, 1.165) is 16.2 Å². The molecule has 1 fully saturated rings. The van der Waals surface area contributed by atoms with Gasteiger partial charge in [-0.2, -0.15) is 0 Å². The first-order valence-electron chi connectivity index (χ1n) is 9.78. The summed E-state index contributed by atoms with van der Waals surface area (Å²) >= 11 is 2.21. The number of hydrogen-bond donors (Lipinski definition) is 4. The van der Waals surface area contributed by atoms with Crippen LogP contribution >= 0.6 is 23.1 Å². The molecule has 17 heteroatoms. The summed E-state index contributed by atoms with van der Waals surface area (Å²) in [5, 5.41) is 17.8. The van der Waals surface area contributed by atoms with Crippen LogP contribution in [0.4, 0.5) is 9.93 Å². The van der Waals surface area contributed by atoms with Crippen molar-refractivity contribution in [2.45, 2.75) is 18.3 Å². The monoisotopic (exact) mass is 527 g/mol. The number of rotatable bonds is 8. The number of nitrogen functional groups attached to an aromatic ring is 1. The zero-order valence-corrected chi connectivity index (χ0v) is 20.3. The molecule has 35 heavy (non-hydrogen) atoms. The van der Waals surface area contributed by atoms with Crippen LogP contribution in [0, 0.1) is 0 Å². The zero-order valence-electron chi connectivity index (χ0n) is 18.6. The molecule has 15 nitrogen and oxygen atoms in total. The van der Waals surface area contributed by atoms with Crippen LogP contribution in [0.1, 0.15) is 12.6 Å². The van der Waals surface area contributed by atoms with Gasteiger partial charge in [-0.3, -0.25) is 29.5 Å². The second kappa shape index (κ2) is 10.7. The quantitative estimate of drug-likeness (QED) is 0.105. The van der Waals surface area contributed by atoms with E-state index < -0.39 is 47.0 Å². The number of aromatic nitrogens is 1. The summed E-state index contributed by atoms with van der Waals surface area (Å²) in [7, 11) is 3.07. The van der Waals surface area contributed by atoms with Crippen molar-refractivity contribution in [3.8, 4) is 0 Å². The molecule has 2 atom stereocenters. The van der Waals surface area contributed by atoms with E-state index >= 15 is 0 Å². The van der Waals surface area contributed by atoms with Crippen LogP contribution in [-0.2, 0) is 28.8 Å². The van der Waals surface area contributed by atoms with Crippen LogP contribution in [0.5, 0.6) is 0 Å². The van der Waals surface area contributed by atoms with Crippen LogP contribution in [0.25, 0.3) is 0 Å². The zero-order chi connectivity index (χ0) is 25.9. The summed E-state index contributed by atoms with van der Waals surface area (Å²) in [5.41, 5.74) is 7.46. The van der Waals surface area contributed by atoms with E-state index in [2.05, 4.69) is 20.9 Å². The fraction of sp³-hybridized carbons (Fsp3) is 0.389. The van der Waals surface area contributed by atoms with Crippen molar-refractivity contribution in [3.05, 3.63) is 22.3 Å². The Labute approximate surface area is 206 Å². The Morgan fingerprint density at radius 3 is 2.66 bits per heavy atom. The fourth-order valence-electron chi connectivity index (χ4n) is 3.08. The number of fused-ring (bicyclic) bond motifs is 1. The minimum absolute atomic E-state index is 0.0115. The first-order valence-corrected chi connectivity index (χ1v) is 11.7. The lowest BCUT2D eigenvalue weighted by Gasteiger charge is -2.49. The number of thioether (sulfide) groups is 1. The molecule has 2 aliphatic heterocycles. The average molecular weight is 528 g/mol. The molecule has 188 valence electrons. The molecular weight excluding hydrogens is 506 g/mol. The number of ether oxygens (including phenoxy) is 1. The number of nitrogens with zero attached hydrogens (tertiary/aromatic N) is 4. The molecule has 0 aliphatic carbocycles. The number of hydrogen-bond acceptors (Lipinski definition) is 13. The highest BCUT2D eigenvalue weighted by Gasteiger charge is 2.54. The summed E-state index contributed by atoms with van der Waals surface area (Å²) in [6.45, 7) is 0.912. The number of esters is 1. The van der Waals surface area contributed by atoms with Crippen molar-refractivity contribution in [1.29, 1.82) is 0 Å². The van der Waals surface area contributed by atoms with Gasteiger partial charge in [0.15, 0.2) is 10.8 Å². The van der Waals surface area contributed by atoms with Crippen LogP contribution < -0.4 is 16.5 Å². The molecule has 1 saturated heterocycles. The topological polar surface area (TPSA) is 206 Å². The number of carboxylic acids is 1. The van der Waals surface area contributed by atoms with Gasteiger partial charge in [-0.1, -0.05) is 5.16 Å². The van der Waals surface area contributed by atoms with Gasteiger partial charge in [0.2, 0.25) is 0 Å². The summed E-state index contributed by atoms with van der Waals surface area (Å²) in [6.07, 6.45) is -0.978.